The Bertz CT molecular complexity index is 230. The summed E-state index contributed by atoms with van der Waals surface area (Å²) < 4.78 is 8.41. The lowest BCUT2D eigenvalue weighted by atomic mass is 10.3. The van der Waals surface area contributed by atoms with Crippen molar-refractivity contribution in [3.63, 3.8) is 0 Å². The predicted octanol–water partition coefficient (Wildman–Crippen LogP) is 1.37. The predicted molar refractivity (Wildman–Crippen MR) is 60.0 cm³/mol. The zero-order valence-corrected chi connectivity index (χ0v) is 9.27. The molecule has 0 fully saturated rings. The van der Waals surface area contributed by atoms with Crippen molar-refractivity contribution in [1.29, 1.82) is 0 Å². The summed E-state index contributed by atoms with van der Waals surface area (Å²) in [5, 5.41) is 8.95. The molecule has 0 bridgehead atoms. The second kappa shape index (κ2) is 6.17. The van der Waals surface area contributed by atoms with E-state index >= 15 is 0 Å². The molecule has 1 atom stereocenters. The number of aliphatic hydroxyl groups excluding tert-OH is 1. The average molecular weight is 293 g/mol. The minimum atomic E-state index is -0.181. The topological polar surface area (TPSA) is 41.5 Å². The molecule has 0 aromatic heterocycles. The molecule has 1 aromatic carbocycles. The summed E-state index contributed by atoms with van der Waals surface area (Å²) in [4.78, 5) is 0. The van der Waals surface area contributed by atoms with Crippen molar-refractivity contribution in [2.75, 3.05) is 13.2 Å². The molecule has 0 radical (unpaired) electrons. The lowest BCUT2D eigenvalue weighted by Gasteiger charge is -2.15. The van der Waals surface area contributed by atoms with Crippen LogP contribution in [0.25, 0.3) is 0 Å². The molecular weight excluding hydrogens is 281 g/mol. The Labute approximate surface area is 91.6 Å². The van der Waals surface area contributed by atoms with Gasteiger partial charge in [-0.2, -0.15) is 0 Å². The summed E-state index contributed by atoms with van der Waals surface area (Å²) in [6.45, 7) is 0.650. The van der Waals surface area contributed by atoms with Crippen LogP contribution in [-0.4, -0.2) is 24.4 Å². The quantitative estimate of drug-likeness (QED) is 0.636. The first-order chi connectivity index (χ1) is 6.36. The van der Waals surface area contributed by atoms with Gasteiger partial charge in [-0.25, -0.2) is 0 Å². The maximum absolute atomic E-state index is 8.95. The SMILES string of the molecule is OCC(CNI)Oc1ccccc1. The molecular formula is C9H12INO2. The number of hydrogen-bond donors (Lipinski definition) is 2. The minimum Gasteiger partial charge on any atom is -0.487 e. The maximum atomic E-state index is 8.95. The summed E-state index contributed by atoms with van der Waals surface area (Å²) in [5.74, 6) is 0.785. The van der Waals surface area contributed by atoms with Crippen molar-refractivity contribution in [3.05, 3.63) is 30.3 Å². The van der Waals surface area contributed by atoms with Crippen LogP contribution in [0.15, 0.2) is 30.3 Å². The van der Waals surface area contributed by atoms with Crippen molar-refractivity contribution in [3.8, 4) is 5.75 Å². The number of benzene rings is 1. The Hall–Kier alpha value is -0.330. The van der Waals surface area contributed by atoms with E-state index in [1.165, 1.54) is 0 Å². The lowest BCUT2D eigenvalue weighted by molar-refractivity contribution is 0.120. The average Bonchev–Trinajstić information content (AvgIpc) is 2.19. The van der Waals surface area contributed by atoms with Crippen LogP contribution in [0.2, 0.25) is 0 Å². The van der Waals surface area contributed by atoms with Gasteiger partial charge in [-0.3, -0.25) is 3.53 Å². The van der Waals surface area contributed by atoms with Gasteiger partial charge in [0.25, 0.3) is 0 Å². The second-order valence-electron chi connectivity index (χ2n) is 2.57. The van der Waals surface area contributed by atoms with Gasteiger partial charge in [-0.15, -0.1) is 0 Å². The van der Waals surface area contributed by atoms with E-state index in [0.717, 1.165) is 5.75 Å². The van der Waals surface area contributed by atoms with Crippen LogP contribution in [0.1, 0.15) is 0 Å². The fourth-order valence-electron chi connectivity index (χ4n) is 0.921. The van der Waals surface area contributed by atoms with Crippen LogP contribution >= 0.6 is 22.9 Å². The first-order valence-electron chi connectivity index (χ1n) is 4.03. The molecule has 0 heterocycles. The molecule has 0 spiro atoms. The summed E-state index contributed by atoms with van der Waals surface area (Å²) in [6, 6.07) is 9.48. The smallest absolute Gasteiger partial charge is 0.135 e. The second-order valence-corrected chi connectivity index (χ2v) is 3.34. The Balaban J connectivity index is 2.46. The molecule has 72 valence electrons. The van der Waals surface area contributed by atoms with E-state index in [9.17, 15) is 0 Å². The molecule has 2 N–H and O–H groups in total. The Morgan fingerprint density at radius 3 is 2.62 bits per heavy atom. The van der Waals surface area contributed by atoms with Crippen molar-refractivity contribution >= 4 is 22.9 Å². The van der Waals surface area contributed by atoms with Gasteiger partial charge < -0.3 is 9.84 Å². The summed E-state index contributed by atoms with van der Waals surface area (Å²) in [5.41, 5.74) is 0. The zero-order valence-electron chi connectivity index (χ0n) is 7.11. The van der Waals surface area contributed by atoms with E-state index in [-0.39, 0.29) is 12.7 Å². The van der Waals surface area contributed by atoms with Gasteiger partial charge in [0.2, 0.25) is 0 Å². The number of halogens is 1. The van der Waals surface area contributed by atoms with Crippen LogP contribution < -0.4 is 8.27 Å². The third-order valence-corrected chi connectivity index (χ3v) is 1.99. The van der Waals surface area contributed by atoms with Gasteiger partial charge >= 0.3 is 0 Å². The minimum absolute atomic E-state index is 0.0187. The summed E-state index contributed by atoms with van der Waals surface area (Å²) >= 11 is 2.03. The highest BCUT2D eigenvalue weighted by Gasteiger charge is 2.06. The van der Waals surface area contributed by atoms with Crippen molar-refractivity contribution in [1.82, 2.24) is 3.53 Å². The maximum Gasteiger partial charge on any atom is 0.135 e. The highest BCUT2D eigenvalue weighted by Crippen LogP contribution is 2.10. The normalized spacial score (nSPS) is 12.5. The number of rotatable bonds is 5. The number of aliphatic hydroxyl groups is 1. The lowest BCUT2D eigenvalue weighted by Crippen LogP contribution is -2.30. The van der Waals surface area contributed by atoms with Gasteiger partial charge in [0.05, 0.1) is 6.61 Å². The van der Waals surface area contributed by atoms with Crippen LogP contribution in [0.3, 0.4) is 0 Å². The van der Waals surface area contributed by atoms with E-state index in [0.29, 0.717) is 6.54 Å². The molecule has 4 heteroatoms. The van der Waals surface area contributed by atoms with Gasteiger partial charge in [0.1, 0.15) is 11.9 Å². The van der Waals surface area contributed by atoms with Crippen molar-refractivity contribution in [2.45, 2.75) is 6.10 Å². The Morgan fingerprint density at radius 2 is 2.08 bits per heavy atom. The number of nitrogens with one attached hydrogen (secondary N) is 1. The van der Waals surface area contributed by atoms with Crippen LogP contribution in [-0.2, 0) is 0 Å². The van der Waals surface area contributed by atoms with Crippen molar-refractivity contribution < 1.29 is 9.84 Å². The number of ether oxygens (including phenoxy) is 1. The molecule has 0 saturated heterocycles. The first-order valence-corrected chi connectivity index (χ1v) is 5.10. The molecule has 1 rings (SSSR count). The monoisotopic (exact) mass is 293 g/mol. The van der Waals surface area contributed by atoms with Crippen LogP contribution in [0.5, 0.6) is 5.75 Å². The molecule has 3 nitrogen and oxygen atoms in total. The molecule has 0 aliphatic heterocycles. The van der Waals surface area contributed by atoms with Crippen molar-refractivity contribution in [2.24, 2.45) is 0 Å². The van der Waals surface area contributed by atoms with E-state index in [4.69, 9.17) is 9.84 Å². The zero-order chi connectivity index (χ0) is 9.52. The third-order valence-electron chi connectivity index (χ3n) is 1.55. The largest absolute Gasteiger partial charge is 0.487 e. The highest BCUT2D eigenvalue weighted by atomic mass is 127. The molecule has 1 aromatic rings. The van der Waals surface area contributed by atoms with Gasteiger partial charge in [0, 0.05) is 29.4 Å². The fraction of sp³-hybridized carbons (Fsp3) is 0.333. The summed E-state index contributed by atoms with van der Waals surface area (Å²) in [7, 11) is 0. The van der Waals surface area contributed by atoms with E-state index in [1.807, 2.05) is 53.2 Å². The first kappa shape index (κ1) is 10.7. The number of para-hydroxylation sites is 1. The molecule has 0 aliphatic carbocycles. The molecule has 0 saturated carbocycles. The highest BCUT2D eigenvalue weighted by molar-refractivity contribution is 14.1. The fourth-order valence-corrected chi connectivity index (χ4v) is 1.41. The van der Waals surface area contributed by atoms with E-state index in [1.54, 1.807) is 0 Å². The Morgan fingerprint density at radius 1 is 1.38 bits per heavy atom. The van der Waals surface area contributed by atoms with Gasteiger partial charge in [-0.05, 0) is 12.1 Å². The van der Waals surface area contributed by atoms with Gasteiger partial charge in [-0.1, -0.05) is 18.2 Å². The van der Waals surface area contributed by atoms with Crippen LogP contribution in [0.4, 0.5) is 0 Å². The third kappa shape index (κ3) is 3.93. The van der Waals surface area contributed by atoms with E-state index in [2.05, 4.69) is 3.53 Å². The van der Waals surface area contributed by atoms with E-state index < -0.39 is 0 Å². The molecule has 13 heavy (non-hydrogen) atoms. The van der Waals surface area contributed by atoms with Gasteiger partial charge in [0.15, 0.2) is 0 Å². The number of hydrogen-bond acceptors (Lipinski definition) is 3. The molecule has 0 amide bonds. The van der Waals surface area contributed by atoms with Crippen LogP contribution in [0, 0.1) is 0 Å². The molecule has 1 unspecified atom stereocenters. The Kier molecular flexibility index (Phi) is 5.10. The molecule has 0 aliphatic rings. The standard InChI is InChI=1S/C9H12INO2/c10-11-6-9(7-12)13-8-4-2-1-3-5-8/h1-5,9,11-12H,6-7H2. The summed E-state index contributed by atoms with van der Waals surface area (Å²) in [6.07, 6.45) is -0.181.